The van der Waals surface area contributed by atoms with Crippen LogP contribution in [0.25, 0.3) is 0 Å². The second-order valence-electron chi connectivity index (χ2n) is 4.40. The lowest BCUT2D eigenvalue weighted by Crippen LogP contribution is -2.38. The number of hydrogen-bond acceptors (Lipinski definition) is 2. The number of nitrogens with zero attached hydrogens (tertiary/aromatic N) is 1. The van der Waals surface area contributed by atoms with E-state index in [9.17, 15) is 13.2 Å². The first-order valence-electron chi connectivity index (χ1n) is 5.60. The zero-order valence-corrected chi connectivity index (χ0v) is 9.32. The third kappa shape index (κ3) is 2.79. The molecule has 1 aromatic carbocycles. The average molecular weight is 244 g/mol. The van der Waals surface area contributed by atoms with E-state index in [0.29, 0.717) is 19.5 Å². The smallest absolute Gasteiger partial charge is 0.326 e. The van der Waals surface area contributed by atoms with Crippen molar-refractivity contribution in [3.8, 4) is 0 Å². The Morgan fingerprint density at radius 2 is 1.88 bits per heavy atom. The van der Waals surface area contributed by atoms with E-state index in [-0.39, 0.29) is 11.6 Å². The normalized spacial score (nSPS) is 23.9. The van der Waals surface area contributed by atoms with E-state index < -0.39 is 12.2 Å². The largest absolute Gasteiger partial charge is 0.408 e. The van der Waals surface area contributed by atoms with Gasteiger partial charge in [0.1, 0.15) is 6.04 Å². The summed E-state index contributed by atoms with van der Waals surface area (Å²) < 4.78 is 39.3. The standard InChI is InChI=1S/C12H15F3N2/c13-12(14,15)11(9-4-2-1-3-5-9)17-7-6-10(16)8-17/h1-5,10-11H,6-8,16H2/t10-,11?/m1/s1. The quantitative estimate of drug-likeness (QED) is 0.865. The molecule has 2 nitrogen and oxygen atoms in total. The highest BCUT2D eigenvalue weighted by Gasteiger charge is 2.46. The SMILES string of the molecule is N[C@@H]1CCN(C(c2ccccc2)C(F)(F)F)C1. The topological polar surface area (TPSA) is 29.3 Å². The Morgan fingerprint density at radius 3 is 2.35 bits per heavy atom. The summed E-state index contributed by atoms with van der Waals surface area (Å²) >= 11 is 0. The average Bonchev–Trinajstić information content (AvgIpc) is 2.64. The molecule has 1 aromatic rings. The molecule has 0 spiro atoms. The summed E-state index contributed by atoms with van der Waals surface area (Å²) in [5, 5.41) is 0. The molecule has 17 heavy (non-hydrogen) atoms. The molecular formula is C12H15F3N2. The van der Waals surface area contributed by atoms with E-state index >= 15 is 0 Å². The van der Waals surface area contributed by atoms with Gasteiger partial charge in [-0.2, -0.15) is 13.2 Å². The second kappa shape index (κ2) is 4.66. The Labute approximate surface area is 98.2 Å². The van der Waals surface area contributed by atoms with Gasteiger partial charge in [0.05, 0.1) is 0 Å². The fourth-order valence-corrected chi connectivity index (χ4v) is 2.29. The van der Waals surface area contributed by atoms with Crippen molar-refractivity contribution in [2.24, 2.45) is 5.73 Å². The van der Waals surface area contributed by atoms with Gasteiger partial charge in [-0.1, -0.05) is 30.3 Å². The Morgan fingerprint density at radius 1 is 1.24 bits per heavy atom. The zero-order valence-electron chi connectivity index (χ0n) is 9.32. The van der Waals surface area contributed by atoms with Crippen molar-refractivity contribution < 1.29 is 13.2 Å². The van der Waals surface area contributed by atoms with Gasteiger partial charge in [-0.05, 0) is 12.0 Å². The molecule has 1 fully saturated rings. The predicted molar refractivity (Wildman–Crippen MR) is 59.4 cm³/mol. The van der Waals surface area contributed by atoms with Crippen LogP contribution >= 0.6 is 0 Å². The van der Waals surface area contributed by atoms with Gasteiger partial charge in [0.2, 0.25) is 0 Å². The van der Waals surface area contributed by atoms with Gasteiger partial charge >= 0.3 is 6.18 Å². The van der Waals surface area contributed by atoms with Crippen LogP contribution in [0, 0.1) is 0 Å². The maximum absolute atomic E-state index is 13.1. The third-order valence-electron chi connectivity index (χ3n) is 3.05. The van der Waals surface area contributed by atoms with Gasteiger partial charge in [-0.3, -0.25) is 4.90 Å². The lowest BCUT2D eigenvalue weighted by molar-refractivity contribution is -0.183. The lowest BCUT2D eigenvalue weighted by Gasteiger charge is -2.29. The molecule has 2 atom stereocenters. The molecule has 0 amide bonds. The molecule has 94 valence electrons. The van der Waals surface area contributed by atoms with Gasteiger partial charge in [0.15, 0.2) is 0 Å². The summed E-state index contributed by atoms with van der Waals surface area (Å²) in [5.74, 6) is 0. The maximum atomic E-state index is 13.1. The van der Waals surface area contributed by atoms with Crippen LogP contribution in [0.3, 0.4) is 0 Å². The number of rotatable bonds is 2. The highest BCUT2D eigenvalue weighted by Crippen LogP contribution is 2.38. The van der Waals surface area contributed by atoms with Crippen LogP contribution in [0.1, 0.15) is 18.0 Å². The van der Waals surface area contributed by atoms with Crippen molar-refractivity contribution in [1.29, 1.82) is 0 Å². The summed E-state index contributed by atoms with van der Waals surface area (Å²) in [6, 6.07) is 6.32. The zero-order chi connectivity index (χ0) is 12.5. The Hall–Kier alpha value is -1.07. The molecule has 0 radical (unpaired) electrons. The molecule has 0 saturated carbocycles. The summed E-state index contributed by atoms with van der Waals surface area (Å²) in [6.07, 6.45) is -3.63. The molecule has 2 N–H and O–H groups in total. The van der Waals surface area contributed by atoms with Gasteiger partial charge in [0.25, 0.3) is 0 Å². The first kappa shape index (κ1) is 12.4. The molecule has 1 heterocycles. The summed E-state index contributed by atoms with van der Waals surface area (Å²) in [7, 11) is 0. The lowest BCUT2D eigenvalue weighted by atomic mass is 10.1. The number of nitrogens with two attached hydrogens (primary N) is 1. The number of alkyl halides is 3. The van der Waals surface area contributed by atoms with Gasteiger partial charge in [0, 0.05) is 19.1 Å². The van der Waals surface area contributed by atoms with Crippen LogP contribution in [0.15, 0.2) is 30.3 Å². The third-order valence-corrected chi connectivity index (χ3v) is 3.05. The number of benzene rings is 1. The summed E-state index contributed by atoms with van der Waals surface area (Å²) in [6.45, 7) is 0.708. The minimum absolute atomic E-state index is 0.149. The van der Waals surface area contributed by atoms with Gasteiger partial charge in [-0.25, -0.2) is 0 Å². The highest BCUT2D eigenvalue weighted by molar-refractivity contribution is 5.21. The molecule has 0 aliphatic carbocycles. The van der Waals surface area contributed by atoms with Crippen molar-refractivity contribution >= 4 is 0 Å². The second-order valence-corrected chi connectivity index (χ2v) is 4.40. The number of likely N-dealkylation sites (tertiary alicyclic amines) is 1. The van der Waals surface area contributed by atoms with E-state index in [4.69, 9.17) is 5.73 Å². The van der Waals surface area contributed by atoms with Crippen molar-refractivity contribution in [2.75, 3.05) is 13.1 Å². The fraction of sp³-hybridized carbons (Fsp3) is 0.500. The molecule has 5 heteroatoms. The van der Waals surface area contributed by atoms with Gasteiger partial charge < -0.3 is 5.73 Å². The molecule has 2 rings (SSSR count). The van der Waals surface area contributed by atoms with Crippen molar-refractivity contribution in [1.82, 2.24) is 4.90 Å². The predicted octanol–water partition coefficient (Wildman–Crippen LogP) is 2.32. The van der Waals surface area contributed by atoms with Crippen LogP contribution in [-0.2, 0) is 0 Å². The summed E-state index contributed by atoms with van der Waals surface area (Å²) in [4.78, 5) is 1.42. The van der Waals surface area contributed by atoms with E-state index in [1.807, 2.05) is 0 Å². The monoisotopic (exact) mass is 244 g/mol. The Bertz CT molecular complexity index is 364. The van der Waals surface area contributed by atoms with Crippen LogP contribution in [0.5, 0.6) is 0 Å². The molecule has 0 bridgehead atoms. The molecule has 1 saturated heterocycles. The van der Waals surface area contributed by atoms with Crippen molar-refractivity contribution in [3.05, 3.63) is 35.9 Å². The molecule has 0 aromatic heterocycles. The maximum Gasteiger partial charge on any atom is 0.408 e. The fourth-order valence-electron chi connectivity index (χ4n) is 2.29. The van der Waals surface area contributed by atoms with Crippen LogP contribution in [-0.4, -0.2) is 30.2 Å². The van der Waals surface area contributed by atoms with E-state index in [1.54, 1.807) is 18.2 Å². The molecule has 1 aliphatic heterocycles. The molecule has 1 unspecified atom stereocenters. The minimum atomic E-state index is -4.26. The number of halogens is 3. The minimum Gasteiger partial charge on any atom is -0.326 e. The number of hydrogen-bond donors (Lipinski definition) is 1. The molecular weight excluding hydrogens is 229 g/mol. The summed E-state index contributed by atoms with van der Waals surface area (Å²) in [5.41, 5.74) is 5.96. The van der Waals surface area contributed by atoms with Crippen molar-refractivity contribution in [2.45, 2.75) is 24.7 Å². The molecule has 1 aliphatic rings. The van der Waals surface area contributed by atoms with Gasteiger partial charge in [-0.15, -0.1) is 0 Å². The first-order valence-corrected chi connectivity index (χ1v) is 5.60. The van der Waals surface area contributed by atoms with E-state index in [1.165, 1.54) is 17.0 Å². The first-order chi connectivity index (χ1) is 7.98. The van der Waals surface area contributed by atoms with Crippen LogP contribution < -0.4 is 5.73 Å². The van der Waals surface area contributed by atoms with Crippen LogP contribution in [0.4, 0.5) is 13.2 Å². The highest BCUT2D eigenvalue weighted by atomic mass is 19.4. The Kier molecular flexibility index (Phi) is 3.40. The van der Waals surface area contributed by atoms with Crippen LogP contribution in [0.2, 0.25) is 0 Å². The van der Waals surface area contributed by atoms with Crippen molar-refractivity contribution in [3.63, 3.8) is 0 Å². The Balaban J connectivity index is 2.27. The van der Waals surface area contributed by atoms with E-state index in [2.05, 4.69) is 0 Å². The van der Waals surface area contributed by atoms with E-state index in [0.717, 1.165) is 0 Å².